The normalized spacial score (nSPS) is 11.7. The molecular weight excluding hydrogens is 286 g/mol. The molecule has 2 aromatic rings. The van der Waals surface area contributed by atoms with Crippen molar-refractivity contribution < 1.29 is 4.74 Å². The molecule has 0 radical (unpaired) electrons. The second-order valence-electron chi connectivity index (χ2n) is 4.54. The number of nitrogens with one attached hydrogen (secondary N) is 1. The molecule has 0 spiro atoms. The van der Waals surface area contributed by atoms with Crippen molar-refractivity contribution in [1.82, 2.24) is 4.98 Å². The minimum atomic E-state index is 0.00390. The zero-order chi connectivity index (χ0) is 15.1. The molecule has 0 aliphatic rings. The number of hydrogen-bond donors (Lipinski definition) is 1. The van der Waals surface area contributed by atoms with Crippen molar-refractivity contribution in [1.29, 1.82) is 5.26 Å². The van der Waals surface area contributed by atoms with Crippen LogP contribution in [0.25, 0.3) is 0 Å². The smallest absolute Gasteiger partial charge is 0.144 e. The largest absolute Gasteiger partial charge is 0.385 e. The second kappa shape index (κ2) is 7.63. The molecule has 1 heterocycles. The molecule has 0 bridgehead atoms. The van der Waals surface area contributed by atoms with Gasteiger partial charge in [-0.3, -0.25) is 0 Å². The number of anilines is 1. The molecule has 5 heteroatoms. The third-order valence-electron chi connectivity index (χ3n) is 3.12. The van der Waals surface area contributed by atoms with Crippen molar-refractivity contribution >= 4 is 17.4 Å². The average Bonchev–Trinajstić information content (AvgIpc) is 2.52. The quantitative estimate of drug-likeness (QED) is 0.881. The standard InChI is InChI=1S/C16H16ClN3O/c1-21-10-8-15(12-4-6-14(17)7-5-12)20-16-13(11-18)3-2-9-19-16/h2-7,9,15H,8,10H2,1H3,(H,19,20). The van der Waals surface area contributed by atoms with Crippen LogP contribution in [-0.4, -0.2) is 18.7 Å². The van der Waals surface area contributed by atoms with Gasteiger partial charge < -0.3 is 10.1 Å². The van der Waals surface area contributed by atoms with Crippen molar-refractivity contribution in [2.24, 2.45) is 0 Å². The first-order valence-corrected chi connectivity index (χ1v) is 6.98. The highest BCUT2D eigenvalue weighted by Gasteiger charge is 2.14. The number of ether oxygens (including phenoxy) is 1. The van der Waals surface area contributed by atoms with Gasteiger partial charge in [-0.2, -0.15) is 5.26 Å². The van der Waals surface area contributed by atoms with Crippen LogP contribution in [0.3, 0.4) is 0 Å². The molecule has 1 atom stereocenters. The Hall–Kier alpha value is -2.09. The Morgan fingerprint density at radius 1 is 1.33 bits per heavy atom. The Bertz CT molecular complexity index is 622. The number of rotatable bonds is 6. The van der Waals surface area contributed by atoms with E-state index in [1.54, 1.807) is 25.4 Å². The number of methoxy groups -OCH3 is 1. The van der Waals surface area contributed by atoms with E-state index < -0.39 is 0 Å². The molecule has 0 fully saturated rings. The fourth-order valence-electron chi connectivity index (χ4n) is 2.03. The van der Waals surface area contributed by atoms with E-state index >= 15 is 0 Å². The third-order valence-corrected chi connectivity index (χ3v) is 3.37. The summed E-state index contributed by atoms with van der Waals surface area (Å²) in [4.78, 5) is 4.24. The van der Waals surface area contributed by atoms with Crippen molar-refractivity contribution in [3.8, 4) is 6.07 Å². The molecule has 0 aliphatic carbocycles. The van der Waals surface area contributed by atoms with Gasteiger partial charge in [0.05, 0.1) is 11.6 Å². The summed E-state index contributed by atoms with van der Waals surface area (Å²) in [5.74, 6) is 0.580. The first kappa shape index (κ1) is 15.3. The van der Waals surface area contributed by atoms with E-state index in [9.17, 15) is 0 Å². The summed E-state index contributed by atoms with van der Waals surface area (Å²) < 4.78 is 5.16. The van der Waals surface area contributed by atoms with Gasteiger partial charge in [0.15, 0.2) is 0 Å². The van der Waals surface area contributed by atoms with Crippen molar-refractivity contribution in [3.63, 3.8) is 0 Å². The summed E-state index contributed by atoms with van der Waals surface area (Å²) in [6, 6.07) is 13.3. The van der Waals surface area contributed by atoms with Gasteiger partial charge in [0, 0.05) is 24.9 Å². The lowest BCUT2D eigenvalue weighted by Gasteiger charge is -2.20. The highest BCUT2D eigenvalue weighted by Crippen LogP contribution is 2.24. The molecule has 0 saturated carbocycles. The molecule has 0 amide bonds. The zero-order valence-electron chi connectivity index (χ0n) is 11.7. The summed E-state index contributed by atoms with van der Waals surface area (Å²) in [6.45, 7) is 0.606. The van der Waals surface area contributed by atoms with Crippen LogP contribution in [0.1, 0.15) is 23.6 Å². The topological polar surface area (TPSA) is 57.9 Å². The molecule has 1 N–H and O–H groups in total. The number of halogens is 1. The molecular formula is C16H16ClN3O. The van der Waals surface area contributed by atoms with E-state index in [-0.39, 0.29) is 6.04 Å². The summed E-state index contributed by atoms with van der Waals surface area (Å²) in [5, 5.41) is 13.1. The zero-order valence-corrected chi connectivity index (χ0v) is 12.5. The first-order chi connectivity index (χ1) is 10.2. The Labute approximate surface area is 129 Å². The Morgan fingerprint density at radius 3 is 2.76 bits per heavy atom. The summed E-state index contributed by atoms with van der Waals surface area (Å²) in [6.07, 6.45) is 2.43. The number of nitriles is 1. The monoisotopic (exact) mass is 301 g/mol. The van der Waals surface area contributed by atoms with Crippen LogP contribution >= 0.6 is 11.6 Å². The van der Waals surface area contributed by atoms with Crippen LogP contribution in [0, 0.1) is 11.3 Å². The Morgan fingerprint density at radius 2 is 2.10 bits per heavy atom. The van der Waals surface area contributed by atoms with Crippen LogP contribution in [-0.2, 0) is 4.74 Å². The molecule has 1 aromatic heterocycles. The van der Waals surface area contributed by atoms with Gasteiger partial charge in [0.2, 0.25) is 0 Å². The van der Waals surface area contributed by atoms with Crippen molar-refractivity contribution in [2.75, 3.05) is 19.0 Å². The van der Waals surface area contributed by atoms with E-state index in [4.69, 9.17) is 21.6 Å². The van der Waals surface area contributed by atoms with E-state index in [0.29, 0.717) is 23.0 Å². The molecule has 21 heavy (non-hydrogen) atoms. The maximum atomic E-state index is 9.14. The van der Waals surface area contributed by atoms with Crippen LogP contribution in [0.5, 0.6) is 0 Å². The van der Waals surface area contributed by atoms with Gasteiger partial charge in [0.1, 0.15) is 11.9 Å². The predicted octanol–water partition coefficient (Wildman–Crippen LogP) is 3.80. The molecule has 1 aromatic carbocycles. The van der Waals surface area contributed by atoms with Gasteiger partial charge in [-0.25, -0.2) is 4.98 Å². The number of nitrogens with zero attached hydrogens (tertiary/aromatic N) is 2. The Balaban J connectivity index is 2.24. The lowest BCUT2D eigenvalue weighted by atomic mass is 10.0. The second-order valence-corrected chi connectivity index (χ2v) is 4.98. The van der Waals surface area contributed by atoms with Crippen LogP contribution < -0.4 is 5.32 Å². The minimum Gasteiger partial charge on any atom is -0.385 e. The lowest BCUT2D eigenvalue weighted by Crippen LogP contribution is -2.14. The van der Waals surface area contributed by atoms with Crippen LogP contribution in [0.2, 0.25) is 5.02 Å². The van der Waals surface area contributed by atoms with Crippen LogP contribution in [0.4, 0.5) is 5.82 Å². The van der Waals surface area contributed by atoms with Crippen LogP contribution in [0.15, 0.2) is 42.6 Å². The molecule has 0 saturated heterocycles. The summed E-state index contributed by atoms with van der Waals surface area (Å²) in [7, 11) is 1.67. The number of hydrogen-bond acceptors (Lipinski definition) is 4. The summed E-state index contributed by atoms with van der Waals surface area (Å²) in [5.41, 5.74) is 1.60. The summed E-state index contributed by atoms with van der Waals surface area (Å²) >= 11 is 5.93. The average molecular weight is 302 g/mol. The Kier molecular flexibility index (Phi) is 5.56. The fourth-order valence-corrected chi connectivity index (χ4v) is 2.15. The van der Waals surface area contributed by atoms with E-state index in [1.807, 2.05) is 24.3 Å². The number of aromatic nitrogens is 1. The van der Waals surface area contributed by atoms with Gasteiger partial charge in [-0.1, -0.05) is 23.7 Å². The number of benzene rings is 1. The molecule has 0 aliphatic heterocycles. The molecule has 108 valence electrons. The van der Waals surface area contributed by atoms with E-state index in [0.717, 1.165) is 12.0 Å². The van der Waals surface area contributed by atoms with Crippen molar-refractivity contribution in [2.45, 2.75) is 12.5 Å². The minimum absolute atomic E-state index is 0.00390. The third kappa shape index (κ3) is 4.19. The molecule has 1 unspecified atom stereocenters. The highest BCUT2D eigenvalue weighted by atomic mass is 35.5. The molecule has 4 nitrogen and oxygen atoms in total. The number of pyridine rings is 1. The predicted molar refractivity (Wildman–Crippen MR) is 83.3 cm³/mol. The van der Waals surface area contributed by atoms with E-state index in [2.05, 4.69) is 16.4 Å². The van der Waals surface area contributed by atoms with Gasteiger partial charge >= 0.3 is 0 Å². The van der Waals surface area contributed by atoms with Gasteiger partial charge in [0.25, 0.3) is 0 Å². The maximum absolute atomic E-state index is 9.14. The highest BCUT2D eigenvalue weighted by molar-refractivity contribution is 6.30. The SMILES string of the molecule is COCCC(Nc1ncccc1C#N)c1ccc(Cl)cc1. The molecule has 2 rings (SSSR count). The van der Waals surface area contributed by atoms with Crippen molar-refractivity contribution in [3.05, 3.63) is 58.7 Å². The first-order valence-electron chi connectivity index (χ1n) is 6.60. The van der Waals surface area contributed by atoms with Gasteiger partial charge in [-0.15, -0.1) is 0 Å². The maximum Gasteiger partial charge on any atom is 0.144 e. The fraction of sp³-hybridized carbons (Fsp3) is 0.250. The lowest BCUT2D eigenvalue weighted by molar-refractivity contribution is 0.190. The van der Waals surface area contributed by atoms with E-state index in [1.165, 1.54) is 0 Å². The van der Waals surface area contributed by atoms with Gasteiger partial charge in [-0.05, 0) is 36.2 Å².